The van der Waals surface area contributed by atoms with Gasteiger partial charge in [0.05, 0.1) is 26.4 Å². The van der Waals surface area contributed by atoms with Gasteiger partial charge in [-0.05, 0) is 37.5 Å². The van der Waals surface area contributed by atoms with E-state index in [0.29, 0.717) is 25.7 Å². The number of carbonyl (C=O) groups is 4. The zero-order valence-corrected chi connectivity index (χ0v) is 62.3. The molecule has 3 unspecified atom stereocenters. The Morgan fingerprint density at radius 2 is 0.548 bits per heavy atom. The summed E-state index contributed by atoms with van der Waals surface area (Å²) >= 11 is 0. The predicted molar refractivity (Wildman–Crippen MR) is 377 cm³/mol. The highest BCUT2D eigenvalue weighted by atomic mass is 31.2. The number of hydrogen-bond donors (Lipinski definition) is 3. The molecule has 0 aromatic heterocycles. The van der Waals surface area contributed by atoms with Crippen LogP contribution in [0.4, 0.5) is 0 Å². The van der Waals surface area contributed by atoms with E-state index >= 15 is 0 Å². The van der Waals surface area contributed by atoms with Crippen LogP contribution in [0.3, 0.4) is 0 Å². The number of ether oxygens (including phenoxy) is 4. The van der Waals surface area contributed by atoms with Gasteiger partial charge in [0.15, 0.2) is 12.2 Å². The summed E-state index contributed by atoms with van der Waals surface area (Å²) in [6, 6.07) is 0. The highest BCUT2D eigenvalue weighted by Crippen LogP contribution is 2.45. The van der Waals surface area contributed by atoms with E-state index < -0.39 is 97.5 Å². The van der Waals surface area contributed by atoms with Crippen LogP contribution in [0.1, 0.15) is 382 Å². The van der Waals surface area contributed by atoms with E-state index in [1.165, 1.54) is 186 Å². The monoisotopic (exact) mass is 1370 g/mol. The van der Waals surface area contributed by atoms with Gasteiger partial charge in [-0.25, -0.2) is 9.13 Å². The lowest BCUT2D eigenvalue weighted by molar-refractivity contribution is -0.161. The molecule has 93 heavy (non-hydrogen) atoms. The third-order valence-electron chi connectivity index (χ3n) is 17.6. The van der Waals surface area contributed by atoms with Crippen LogP contribution in [0.25, 0.3) is 0 Å². The van der Waals surface area contributed by atoms with Crippen molar-refractivity contribution in [3.05, 3.63) is 0 Å². The molecule has 0 saturated heterocycles. The fraction of sp³-hybridized carbons (Fsp3) is 0.946. The number of aliphatic hydroxyl groups excluding tert-OH is 1. The van der Waals surface area contributed by atoms with Crippen molar-refractivity contribution in [1.29, 1.82) is 0 Å². The molecule has 0 saturated carbocycles. The number of phosphoric acid groups is 2. The van der Waals surface area contributed by atoms with E-state index in [4.69, 9.17) is 37.0 Å². The van der Waals surface area contributed by atoms with Crippen LogP contribution in [-0.4, -0.2) is 96.7 Å². The molecule has 3 N–H and O–H groups in total. The Balaban J connectivity index is 5.18. The third kappa shape index (κ3) is 67.0. The molecule has 6 atom stereocenters. The average Bonchev–Trinajstić information content (AvgIpc) is 1.85. The fourth-order valence-electron chi connectivity index (χ4n) is 11.3. The van der Waals surface area contributed by atoms with Gasteiger partial charge >= 0.3 is 39.5 Å². The molecular weight excluding hydrogens is 1220 g/mol. The predicted octanol–water partition coefficient (Wildman–Crippen LogP) is 21.6. The molecule has 0 aromatic carbocycles. The number of hydrogen-bond acceptors (Lipinski definition) is 15. The second kappa shape index (κ2) is 66.0. The van der Waals surface area contributed by atoms with Crippen LogP contribution >= 0.6 is 15.6 Å². The summed E-state index contributed by atoms with van der Waals surface area (Å²) in [5, 5.41) is 10.6. The van der Waals surface area contributed by atoms with Gasteiger partial charge in [-0.15, -0.1) is 0 Å². The van der Waals surface area contributed by atoms with Gasteiger partial charge in [0.25, 0.3) is 0 Å². The number of rotatable bonds is 73. The van der Waals surface area contributed by atoms with Crippen LogP contribution in [0.5, 0.6) is 0 Å². The van der Waals surface area contributed by atoms with E-state index in [1.807, 2.05) is 0 Å². The van der Waals surface area contributed by atoms with Gasteiger partial charge in [0.1, 0.15) is 19.3 Å². The summed E-state index contributed by atoms with van der Waals surface area (Å²) in [5.74, 6) is -0.596. The van der Waals surface area contributed by atoms with Crippen molar-refractivity contribution >= 4 is 39.5 Å². The van der Waals surface area contributed by atoms with Crippen molar-refractivity contribution in [1.82, 2.24) is 0 Å². The van der Waals surface area contributed by atoms with E-state index in [-0.39, 0.29) is 25.7 Å². The molecule has 0 aliphatic heterocycles. The molecule has 0 heterocycles. The van der Waals surface area contributed by atoms with Crippen molar-refractivity contribution < 1.29 is 80.2 Å². The largest absolute Gasteiger partial charge is 0.472 e. The maximum absolute atomic E-state index is 13.1. The summed E-state index contributed by atoms with van der Waals surface area (Å²) in [6.45, 7) is 9.52. The Morgan fingerprint density at radius 3 is 0.817 bits per heavy atom. The minimum absolute atomic E-state index is 0.103. The number of phosphoric ester groups is 2. The van der Waals surface area contributed by atoms with Crippen molar-refractivity contribution in [3.8, 4) is 0 Å². The van der Waals surface area contributed by atoms with E-state index in [0.717, 1.165) is 115 Å². The fourth-order valence-corrected chi connectivity index (χ4v) is 12.8. The first-order valence-corrected chi connectivity index (χ1v) is 41.5. The Kier molecular flexibility index (Phi) is 64.6. The van der Waals surface area contributed by atoms with Crippen LogP contribution < -0.4 is 0 Å². The molecule has 19 heteroatoms. The van der Waals surface area contributed by atoms with Crippen LogP contribution in [-0.2, 0) is 65.4 Å². The van der Waals surface area contributed by atoms with Gasteiger partial charge in [-0.3, -0.25) is 37.3 Å². The SMILES string of the molecule is CCCCCCCCCCCCCCCCCCCC(=O)OC[C@H](COP(=O)(O)OC[C@@H](O)COP(=O)(O)OC[C@@H](COC(=O)CCCCCCCCC)OC(=O)CCCCCCCCC(C)CC)OC(=O)CCCCCCCCCCCCCCCCCCC(C)C. The highest BCUT2D eigenvalue weighted by Gasteiger charge is 2.30. The van der Waals surface area contributed by atoms with Gasteiger partial charge < -0.3 is 33.8 Å². The normalized spacial score (nSPS) is 14.3. The van der Waals surface area contributed by atoms with E-state index in [1.54, 1.807) is 0 Å². The molecule has 552 valence electrons. The minimum atomic E-state index is -4.95. The summed E-state index contributed by atoms with van der Waals surface area (Å²) in [7, 11) is -9.90. The molecule has 17 nitrogen and oxygen atoms in total. The molecule has 0 bridgehead atoms. The van der Waals surface area contributed by atoms with Crippen molar-refractivity contribution in [2.24, 2.45) is 11.8 Å². The van der Waals surface area contributed by atoms with Crippen LogP contribution in [0.15, 0.2) is 0 Å². The maximum Gasteiger partial charge on any atom is 0.472 e. The summed E-state index contributed by atoms with van der Waals surface area (Å²) in [5.41, 5.74) is 0. The topological polar surface area (TPSA) is 237 Å². The summed E-state index contributed by atoms with van der Waals surface area (Å²) in [6.07, 6.45) is 53.0. The molecule has 0 aliphatic rings. The molecular formula is C74H144O17P2. The van der Waals surface area contributed by atoms with Crippen LogP contribution in [0.2, 0.25) is 0 Å². The number of carbonyl (C=O) groups excluding carboxylic acids is 4. The lowest BCUT2D eigenvalue weighted by Gasteiger charge is -2.21. The molecule has 0 amide bonds. The van der Waals surface area contributed by atoms with Crippen molar-refractivity contribution in [2.75, 3.05) is 39.6 Å². The average molecular weight is 1370 g/mol. The Hall–Kier alpha value is -1.94. The van der Waals surface area contributed by atoms with E-state index in [9.17, 15) is 43.2 Å². The van der Waals surface area contributed by atoms with Crippen molar-refractivity contribution in [2.45, 2.75) is 400 Å². The molecule has 0 radical (unpaired) electrons. The molecule has 0 fully saturated rings. The molecule has 0 spiro atoms. The third-order valence-corrected chi connectivity index (χ3v) is 19.5. The van der Waals surface area contributed by atoms with Gasteiger partial charge in [0.2, 0.25) is 0 Å². The van der Waals surface area contributed by atoms with Crippen molar-refractivity contribution in [3.63, 3.8) is 0 Å². The Morgan fingerprint density at radius 1 is 0.312 bits per heavy atom. The second-order valence-electron chi connectivity index (χ2n) is 27.4. The molecule has 0 rings (SSSR count). The van der Waals surface area contributed by atoms with Gasteiger partial charge in [0, 0.05) is 25.7 Å². The Bertz CT molecular complexity index is 1810. The summed E-state index contributed by atoms with van der Waals surface area (Å²) in [4.78, 5) is 72.5. The lowest BCUT2D eigenvalue weighted by Crippen LogP contribution is -2.30. The maximum atomic E-state index is 13.1. The number of aliphatic hydroxyl groups is 1. The zero-order valence-electron chi connectivity index (χ0n) is 60.6. The number of esters is 4. The first-order valence-electron chi connectivity index (χ1n) is 38.5. The standard InChI is InChI=1S/C74H144O17P2/c1-7-10-12-14-16-17-18-19-20-21-25-28-31-34-38-45-51-57-72(77)85-63-69(90-73(78)58-52-46-39-35-32-29-26-23-22-24-27-30-33-37-42-48-54-66(4)5)64-88-92(80,81)86-60-68(75)61-87-93(82,83)89-65-70(62-84-71(76)56-50-44-36-15-13-11-8-2)91-74(79)59-53-47-41-40-43-49-55-67(6)9-3/h66-70,75H,7-65H2,1-6H3,(H,80,81)(H,82,83)/t67?,68-,69-,70-/m1/s1. The second-order valence-corrected chi connectivity index (χ2v) is 30.3. The zero-order chi connectivity index (χ0) is 68.6. The van der Waals surface area contributed by atoms with E-state index in [2.05, 4.69) is 41.5 Å². The van der Waals surface area contributed by atoms with Gasteiger partial charge in [-0.1, -0.05) is 330 Å². The highest BCUT2D eigenvalue weighted by molar-refractivity contribution is 7.47. The molecule has 0 aliphatic carbocycles. The summed E-state index contributed by atoms with van der Waals surface area (Å²) < 4.78 is 68.3. The minimum Gasteiger partial charge on any atom is -0.462 e. The smallest absolute Gasteiger partial charge is 0.462 e. The first-order chi connectivity index (χ1) is 44.9. The molecule has 0 aromatic rings. The lowest BCUT2D eigenvalue weighted by atomic mass is 10.00. The number of unbranched alkanes of at least 4 members (excludes halogenated alkanes) is 42. The quantitative estimate of drug-likeness (QED) is 0.0222. The van der Waals surface area contributed by atoms with Gasteiger partial charge in [-0.2, -0.15) is 0 Å². The van der Waals surface area contributed by atoms with Crippen LogP contribution in [0, 0.1) is 11.8 Å². The Labute approximate surface area is 568 Å². The first kappa shape index (κ1) is 91.1.